The highest BCUT2D eigenvalue weighted by molar-refractivity contribution is 7.89. The number of rotatable bonds is 7. The molecular weight excluding hydrogens is 390 g/mol. The number of hydrogen-bond donors (Lipinski definition) is 2. The van der Waals surface area contributed by atoms with Crippen LogP contribution in [0.4, 0.5) is 11.4 Å². The molecule has 29 heavy (non-hydrogen) atoms. The van der Waals surface area contributed by atoms with Gasteiger partial charge in [-0.2, -0.15) is 4.31 Å². The molecule has 2 N–H and O–H groups in total. The van der Waals surface area contributed by atoms with Crippen molar-refractivity contribution in [2.24, 2.45) is 5.92 Å². The Kier molecular flexibility index (Phi) is 7.16. The average Bonchev–Trinajstić information content (AvgIpc) is 2.64. The van der Waals surface area contributed by atoms with Crippen molar-refractivity contribution < 1.29 is 18.0 Å². The fraction of sp³-hybridized carbons (Fsp3) is 0.333. The molecule has 0 aliphatic carbocycles. The highest BCUT2D eigenvalue weighted by atomic mass is 32.2. The van der Waals surface area contributed by atoms with Gasteiger partial charge in [0, 0.05) is 24.3 Å². The van der Waals surface area contributed by atoms with Crippen LogP contribution >= 0.6 is 0 Å². The number of carbonyl (C=O) groups excluding carboxylic acids is 2. The van der Waals surface area contributed by atoms with Crippen LogP contribution in [0.5, 0.6) is 0 Å². The largest absolute Gasteiger partial charge is 0.326 e. The highest BCUT2D eigenvalue weighted by Gasteiger charge is 2.23. The van der Waals surface area contributed by atoms with E-state index >= 15 is 0 Å². The zero-order valence-electron chi connectivity index (χ0n) is 17.3. The molecule has 0 aromatic heterocycles. The lowest BCUT2D eigenvalue weighted by atomic mass is 10.1. The Morgan fingerprint density at radius 1 is 1.00 bits per heavy atom. The maximum Gasteiger partial charge on any atom is 0.243 e. The predicted molar refractivity (Wildman–Crippen MR) is 114 cm³/mol. The van der Waals surface area contributed by atoms with E-state index in [1.807, 2.05) is 13.8 Å². The van der Waals surface area contributed by atoms with E-state index in [0.29, 0.717) is 11.4 Å². The Bertz CT molecular complexity index is 999. The molecule has 2 aromatic carbocycles. The third kappa shape index (κ3) is 5.88. The summed E-state index contributed by atoms with van der Waals surface area (Å²) < 4.78 is 26.3. The van der Waals surface area contributed by atoms with Crippen molar-refractivity contribution in [1.82, 2.24) is 4.31 Å². The van der Waals surface area contributed by atoms with Crippen LogP contribution in [0.15, 0.2) is 47.4 Å². The van der Waals surface area contributed by atoms with Gasteiger partial charge in [-0.05, 0) is 43.7 Å². The van der Waals surface area contributed by atoms with E-state index in [1.54, 1.807) is 44.2 Å². The number of carbonyl (C=O) groups is 2. The second kappa shape index (κ2) is 9.19. The van der Waals surface area contributed by atoms with Crippen LogP contribution in [-0.2, 0) is 19.6 Å². The smallest absolute Gasteiger partial charge is 0.243 e. The summed E-state index contributed by atoms with van der Waals surface area (Å²) in [5.41, 5.74) is 2.82. The van der Waals surface area contributed by atoms with Gasteiger partial charge in [0.1, 0.15) is 0 Å². The quantitative estimate of drug-likeness (QED) is 0.723. The molecule has 0 atom stereocenters. The zero-order valence-corrected chi connectivity index (χ0v) is 18.1. The molecule has 0 fully saturated rings. The molecule has 0 saturated heterocycles. The van der Waals surface area contributed by atoms with Gasteiger partial charge < -0.3 is 10.6 Å². The monoisotopic (exact) mass is 417 g/mol. The Hall–Kier alpha value is -2.71. The Labute approximate surface area is 172 Å². The topological polar surface area (TPSA) is 95.6 Å². The third-order valence-corrected chi connectivity index (χ3v) is 6.22. The number of hydrogen-bond acceptors (Lipinski definition) is 4. The molecule has 0 heterocycles. The fourth-order valence-electron chi connectivity index (χ4n) is 2.49. The molecule has 0 saturated carbocycles. The minimum Gasteiger partial charge on any atom is -0.326 e. The number of likely N-dealkylation sites (N-methyl/N-ethyl adjacent to an activating group) is 1. The van der Waals surface area contributed by atoms with Crippen molar-refractivity contribution in [3.05, 3.63) is 53.6 Å². The summed E-state index contributed by atoms with van der Waals surface area (Å²) in [5, 5.41) is 5.50. The maximum absolute atomic E-state index is 12.6. The van der Waals surface area contributed by atoms with Gasteiger partial charge in [0.25, 0.3) is 0 Å². The lowest BCUT2D eigenvalue weighted by Crippen LogP contribution is -2.35. The van der Waals surface area contributed by atoms with E-state index in [1.165, 1.54) is 19.2 Å². The van der Waals surface area contributed by atoms with Crippen molar-refractivity contribution in [3.63, 3.8) is 0 Å². The minimum atomic E-state index is -3.77. The van der Waals surface area contributed by atoms with Crippen molar-refractivity contribution in [1.29, 1.82) is 0 Å². The standard InChI is InChI=1S/C21H27N3O4S/c1-14(2)21(26)22-17-9-8-16(4)19(12-17)23-20(25)13-24(5)29(27,28)18-10-6-15(3)7-11-18/h6-12,14H,13H2,1-5H3,(H,22,26)(H,23,25). The lowest BCUT2D eigenvalue weighted by molar-refractivity contribution is -0.119. The molecular formula is C21H27N3O4S. The summed E-state index contributed by atoms with van der Waals surface area (Å²) in [6.45, 7) is 6.93. The third-order valence-electron chi connectivity index (χ3n) is 4.40. The van der Waals surface area contributed by atoms with Crippen LogP contribution < -0.4 is 10.6 Å². The highest BCUT2D eigenvalue weighted by Crippen LogP contribution is 2.21. The van der Waals surface area contributed by atoms with Gasteiger partial charge in [-0.25, -0.2) is 8.42 Å². The van der Waals surface area contributed by atoms with Gasteiger partial charge in [-0.1, -0.05) is 37.6 Å². The van der Waals surface area contributed by atoms with Gasteiger partial charge in [-0.15, -0.1) is 0 Å². The molecule has 0 unspecified atom stereocenters. The SMILES string of the molecule is Cc1ccc(S(=O)(=O)N(C)CC(=O)Nc2cc(NC(=O)C(C)C)ccc2C)cc1. The molecule has 0 radical (unpaired) electrons. The zero-order chi connectivity index (χ0) is 21.8. The molecule has 0 aliphatic rings. The van der Waals surface area contributed by atoms with E-state index in [-0.39, 0.29) is 23.3 Å². The van der Waals surface area contributed by atoms with Gasteiger partial charge in [-0.3, -0.25) is 9.59 Å². The first-order valence-electron chi connectivity index (χ1n) is 9.25. The minimum absolute atomic E-state index is 0.130. The van der Waals surface area contributed by atoms with E-state index in [4.69, 9.17) is 0 Å². The van der Waals surface area contributed by atoms with Crippen LogP contribution in [0.1, 0.15) is 25.0 Å². The predicted octanol–water partition coefficient (Wildman–Crippen LogP) is 3.16. The van der Waals surface area contributed by atoms with E-state index in [0.717, 1.165) is 15.4 Å². The molecule has 0 spiro atoms. The number of benzene rings is 2. The molecule has 0 bridgehead atoms. The van der Waals surface area contributed by atoms with Crippen molar-refractivity contribution in [3.8, 4) is 0 Å². The van der Waals surface area contributed by atoms with Gasteiger partial charge in [0.2, 0.25) is 21.8 Å². The molecule has 156 valence electrons. The van der Waals surface area contributed by atoms with Gasteiger partial charge >= 0.3 is 0 Å². The van der Waals surface area contributed by atoms with Crippen LogP contribution in [-0.4, -0.2) is 38.1 Å². The molecule has 0 aliphatic heterocycles. The summed E-state index contributed by atoms with van der Waals surface area (Å²) in [5.74, 6) is -0.774. The van der Waals surface area contributed by atoms with Gasteiger partial charge in [0.15, 0.2) is 0 Å². The summed E-state index contributed by atoms with van der Waals surface area (Å²) in [7, 11) is -2.41. The summed E-state index contributed by atoms with van der Waals surface area (Å²) in [4.78, 5) is 24.4. The van der Waals surface area contributed by atoms with Crippen molar-refractivity contribution >= 4 is 33.2 Å². The van der Waals surface area contributed by atoms with E-state index in [9.17, 15) is 18.0 Å². The lowest BCUT2D eigenvalue weighted by Gasteiger charge is -2.18. The number of sulfonamides is 1. The molecule has 2 aromatic rings. The number of nitrogens with zero attached hydrogens (tertiary/aromatic N) is 1. The number of aryl methyl sites for hydroxylation is 2. The Balaban J connectivity index is 2.10. The van der Waals surface area contributed by atoms with Gasteiger partial charge in [0.05, 0.1) is 11.4 Å². The maximum atomic E-state index is 12.6. The van der Waals surface area contributed by atoms with Crippen LogP contribution in [0, 0.1) is 19.8 Å². The number of anilines is 2. The first-order valence-corrected chi connectivity index (χ1v) is 10.7. The number of nitrogens with one attached hydrogen (secondary N) is 2. The summed E-state index contributed by atoms with van der Waals surface area (Å²) in [6.07, 6.45) is 0. The van der Waals surface area contributed by atoms with Crippen molar-refractivity contribution in [2.45, 2.75) is 32.6 Å². The second-order valence-corrected chi connectivity index (χ2v) is 9.34. The van der Waals surface area contributed by atoms with Crippen LogP contribution in [0.25, 0.3) is 0 Å². The van der Waals surface area contributed by atoms with E-state index < -0.39 is 15.9 Å². The second-order valence-electron chi connectivity index (χ2n) is 7.30. The Morgan fingerprint density at radius 2 is 1.62 bits per heavy atom. The normalized spacial score (nSPS) is 11.6. The number of amides is 2. The molecule has 2 amide bonds. The Morgan fingerprint density at radius 3 is 2.21 bits per heavy atom. The average molecular weight is 418 g/mol. The first kappa shape index (κ1) is 22.6. The van der Waals surface area contributed by atoms with Crippen LogP contribution in [0.2, 0.25) is 0 Å². The van der Waals surface area contributed by atoms with Crippen LogP contribution in [0.3, 0.4) is 0 Å². The fourth-order valence-corrected chi connectivity index (χ4v) is 3.62. The van der Waals surface area contributed by atoms with Crippen molar-refractivity contribution in [2.75, 3.05) is 24.2 Å². The summed E-state index contributed by atoms with van der Waals surface area (Å²) in [6, 6.07) is 11.6. The molecule has 7 nitrogen and oxygen atoms in total. The molecule has 2 rings (SSSR count). The first-order chi connectivity index (χ1) is 13.5. The summed E-state index contributed by atoms with van der Waals surface area (Å²) >= 11 is 0. The van der Waals surface area contributed by atoms with E-state index in [2.05, 4.69) is 10.6 Å². The molecule has 8 heteroatoms.